The fourth-order valence-electron chi connectivity index (χ4n) is 3.33. The van der Waals surface area contributed by atoms with Gasteiger partial charge >= 0.3 is 0 Å². The van der Waals surface area contributed by atoms with Gasteiger partial charge in [-0.1, -0.05) is 24.3 Å². The van der Waals surface area contributed by atoms with Gasteiger partial charge in [0.1, 0.15) is 19.0 Å². The largest absolute Gasteiger partial charge is 0.496 e. The number of rotatable bonds is 6. The van der Waals surface area contributed by atoms with E-state index in [0.29, 0.717) is 19.1 Å². The molecule has 1 saturated carbocycles. The molecule has 4 rings (SSSR count). The monoisotopic (exact) mass is 365 g/mol. The molecule has 2 aliphatic rings. The third-order valence-corrected chi connectivity index (χ3v) is 4.87. The molecule has 1 unspecified atom stereocenters. The minimum atomic E-state index is -0.118. The SMILES string of the molecule is COc1ccccc1/C=C/C(=O)NC(c1ccc2c(c1)OCCO2)C1CC1. The van der Waals surface area contributed by atoms with Crippen LogP contribution in [0.2, 0.25) is 0 Å². The van der Waals surface area contributed by atoms with Gasteiger partial charge in [-0.25, -0.2) is 0 Å². The molecule has 140 valence electrons. The zero-order chi connectivity index (χ0) is 18.6. The number of carbonyl (C=O) groups is 1. The summed E-state index contributed by atoms with van der Waals surface area (Å²) in [5.74, 6) is 2.61. The number of fused-ring (bicyclic) bond motifs is 1. The number of amides is 1. The lowest BCUT2D eigenvalue weighted by Crippen LogP contribution is -2.28. The zero-order valence-electron chi connectivity index (χ0n) is 15.3. The molecule has 2 aromatic carbocycles. The molecule has 1 amide bonds. The summed E-state index contributed by atoms with van der Waals surface area (Å²) >= 11 is 0. The highest BCUT2D eigenvalue weighted by atomic mass is 16.6. The summed E-state index contributed by atoms with van der Waals surface area (Å²) in [6.45, 7) is 1.13. The van der Waals surface area contributed by atoms with Gasteiger partial charge in [-0.05, 0) is 48.6 Å². The van der Waals surface area contributed by atoms with Gasteiger partial charge in [0.25, 0.3) is 0 Å². The van der Waals surface area contributed by atoms with E-state index in [9.17, 15) is 4.79 Å². The van der Waals surface area contributed by atoms with Crippen molar-refractivity contribution in [2.24, 2.45) is 5.92 Å². The fraction of sp³-hybridized carbons (Fsp3) is 0.318. The van der Waals surface area contributed by atoms with E-state index in [0.717, 1.165) is 41.2 Å². The lowest BCUT2D eigenvalue weighted by atomic mass is 10.0. The molecule has 0 spiro atoms. The third kappa shape index (κ3) is 4.08. The second kappa shape index (κ2) is 7.74. The first-order valence-electron chi connectivity index (χ1n) is 9.26. The number of carbonyl (C=O) groups excluding carboxylic acids is 1. The molecule has 0 saturated heterocycles. The molecule has 5 nitrogen and oxygen atoms in total. The minimum absolute atomic E-state index is 0.0179. The predicted molar refractivity (Wildman–Crippen MR) is 103 cm³/mol. The Hall–Kier alpha value is -2.95. The minimum Gasteiger partial charge on any atom is -0.496 e. The van der Waals surface area contributed by atoms with Gasteiger partial charge in [0, 0.05) is 11.6 Å². The number of methoxy groups -OCH3 is 1. The van der Waals surface area contributed by atoms with Crippen molar-refractivity contribution in [3.05, 3.63) is 59.7 Å². The Kier molecular flexibility index (Phi) is 5.01. The van der Waals surface area contributed by atoms with Crippen LogP contribution in [0.3, 0.4) is 0 Å². The van der Waals surface area contributed by atoms with Gasteiger partial charge in [0.05, 0.1) is 13.2 Å². The average Bonchev–Trinajstić information content (AvgIpc) is 3.55. The van der Waals surface area contributed by atoms with Crippen molar-refractivity contribution in [1.82, 2.24) is 5.32 Å². The standard InChI is InChI=1S/C22H23NO4/c1-25-18-5-3-2-4-15(18)9-11-21(24)23-22(16-6-7-16)17-8-10-19-20(14-17)27-13-12-26-19/h2-5,8-11,14,16,22H,6-7,12-13H2,1H3,(H,23,24)/b11-9+. The van der Waals surface area contributed by atoms with Crippen LogP contribution in [0, 0.1) is 5.92 Å². The van der Waals surface area contributed by atoms with Crippen molar-refractivity contribution < 1.29 is 19.0 Å². The first kappa shape index (κ1) is 17.5. The predicted octanol–water partition coefficient (Wildman–Crippen LogP) is 3.75. The second-order valence-electron chi connectivity index (χ2n) is 6.80. The van der Waals surface area contributed by atoms with Gasteiger partial charge < -0.3 is 19.5 Å². The van der Waals surface area contributed by atoms with Crippen molar-refractivity contribution in [3.63, 3.8) is 0 Å². The number of hydrogen-bond acceptors (Lipinski definition) is 4. The average molecular weight is 365 g/mol. The first-order valence-corrected chi connectivity index (χ1v) is 9.26. The van der Waals surface area contributed by atoms with Crippen molar-refractivity contribution in [3.8, 4) is 17.2 Å². The van der Waals surface area contributed by atoms with Crippen molar-refractivity contribution in [2.75, 3.05) is 20.3 Å². The van der Waals surface area contributed by atoms with E-state index in [1.54, 1.807) is 19.3 Å². The Labute approximate surface area is 158 Å². The van der Waals surface area contributed by atoms with Gasteiger partial charge in [-0.2, -0.15) is 0 Å². The maximum atomic E-state index is 12.5. The van der Waals surface area contributed by atoms with Gasteiger partial charge in [-0.15, -0.1) is 0 Å². The molecule has 0 bridgehead atoms. The van der Waals surface area contributed by atoms with E-state index < -0.39 is 0 Å². The number of benzene rings is 2. The van der Waals surface area contributed by atoms with Gasteiger partial charge in [0.2, 0.25) is 5.91 Å². The van der Waals surface area contributed by atoms with Crippen LogP contribution in [0.25, 0.3) is 6.08 Å². The van der Waals surface area contributed by atoms with Crippen LogP contribution < -0.4 is 19.5 Å². The van der Waals surface area contributed by atoms with E-state index >= 15 is 0 Å². The van der Waals surface area contributed by atoms with Gasteiger partial charge in [0.15, 0.2) is 11.5 Å². The Morgan fingerprint density at radius 1 is 1.15 bits per heavy atom. The maximum absolute atomic E-state index is 12.5. The third-order valence-electron chi connectivity index (χ3n) is 4.87. The summed E-state index contributed by atoms with van der Waals surface area (Å²) in [7, 11) is 1.62. The Morgan fingerprint density at radius 3 is 2.70 bits per heavy atom. The molecular formula is C22H23NO4. The summed E-state index contributed by atoms with van der Waals surface area (Å²) < 4.78 is 16.6. The Bertz CT molecular complexity index is 857. The van der Waals surface area contributed by atoms with Crippen molar-refractivity contribution >= 4 is 12.0 Å². The molecule has 0 radical (unpaired) electrons. The molecule has 1 heterocycles. The summed E-state index contributed by atoms with van der Waals surface area (Å²) in [5.41, 5.74) is 1.93. The Morgan fingerprint density at radius 2 is 1.93 bits per heavy atom. The summed E-state index contributed by atoms with van der Waals surface area (Å²) in [4.78, 5) is 12.5. The summed E-state index contributed by atoms with van der Waals surface area (Å²) in [6.07, 6.45) is 5.58. The molecule has 5 heteroatoms. The Balaban J connectivity index is 1.49. The number of nitrogens with one attached hydrogen (secondary N) is 1. The van der Waals surface area contributed by atoms with E-state index in [-0.39, 0.29) is 11.9 Å². The van der Waals surface area contributed by atoms with E-state index in [2.05, 4.69) is 5.32 Å². The molecule has 1 fully saturated rings. The smallest absolute Gasteiger partial charge is 0.244 e. The number of para-hydroxylation sites is 1. The molecule has 0 aromatic heterocycles. The lowest BCUT2D eigenvalue weighted by Gasteiger charge is -2.22. The van der Waals surface area contributed by atoms with E-state index in [1.165, 1.54) is 0 Å². The first-order chi connectivity index (χ1) is 13.2. The highest BCUT2D eigenvalue weighted by Crippen LogP contribution is 2.43. The maximum Gasteiger partial charge on any atom is 0.244 e. The van der Waals surface area contributed by atoms with Crippen molar-refractivity contribution in [1.29, 1.82) is 0 Å². The van der Waals surface area contributed by atoms with Crippen LogP contribution in [0.1, 0.15) is 30.0 Å². The van der Waals surface area contributed by atoms with Crippen molar-refractivity contribution in [2.45, 2.75) is 18.9 Å². The van der Waals surface area contributed by atoms with Crippen LogP contribution in [-0.2, 0) is 4.79 Å². The molecule has 1 aliphatic carbocycles. The quantitative estimate of drug-likeness (QED) is 0.792. The summed E-state index contributed by atoms with van der Waals surface area (Å²) in [5, 5.41) is 3.15. The topological polar surface area (TPSA) is 56.8 Å². The van der Waals surface area contributed by atoms with Crippen LogP contribution >= 0.6 is 0 Å². The highest BCUT2D eigenvalue weighted by Gasteiger charge is 2.33. The number of ether oxygens (including phenoxy) is 3. The number of hydrogen-bond donors (Lipinski definition) is 1. The van der Waals surface area contributed by atoms with Crippen LogP contribution in [0.4, 0.5) is 0 Å². The highest BCUT2D eigenvalue weighted by molar-refractivity contribution is 5.92. The molecule has 27 heavy (non-hydrogen) atoms. The van der Waals surface area contributed by atoms with E-state index in [1.807, 2.05) is 42.5 Å². The van der Waals surface area contributed by atoms with Gasteiger partial charge in [-0.3, -0.25) is 4.79 Å². The molecule has 1 atom stereocenters. The lowest BCUT2D eigenvalue weighted by molar-refractivity contribution is -0.117. The second-order valence-corrected chi connectivity index (χ2v) is 6.80. The normalized spacial score (nSPS) is 16.8. The molecule has 2 aromatic rings. The summed E-state index contributed by atoms with van der Waals surface area (Å²) in [6, 6.07) is 13.5. The molecular weight excluding hydrogens is 342 g/mol. The van der Waals surface area contributed by atoms with Crippen LogP contribution in [0.15, 0.2) is 48.5 Å². The molecule has 1 aliphatic heterocycles. The fourth-order valence-corrected chi connectivity index (χ4v) is 3.33. The zero-order valence-corrected chi connectivity index (χ0v) is 15.3. The van der Waals surface area contributed by atoms with Crippen LogP contribution in [0.5, 0.6) is 17.2 Å². The molecule has 1 N–H and O–H groups in total. The van der Waals surface area contributed by atoms with E-state index in [4.69, 9.17) is 14.2 Å². The van der Waals surface area contributed by atoms with Crippen LogP contribution in [-0.4, -0.2) is 26.2 Å².